The molecule has 8 heteroatoms. The van der Waals surface area contributed by atoms with Crippen molar-refractivity contribution in [2.45, 2.75) is 49.6 Å². The number of nitrogens with zero attached hydrogens (tertiary/aromatic N) is 1. The first-order chi connectivity index (χ1) is 9.83. The summed E-state index contributed by atoms with van der Waals surface area (Å²) in [7, 11) is -3.97. The van der Waals surface area contributed by atoms with Crippen LogP contribution in [-0.2, 0) is 10.0 Å². The Bertz CT molecular complexity index is 645. The minimum absolute atomic E-state index is 0.253. The second kappa shape index (κ2) is 6.08. The highest BCUT2D eigenvalue weighted by Gasteiger charge is 2.32. The molecule has 0 heterocycles. The van der Waals surface area contributed by atoms with Crippen molar-refractivity contribution in [1.29, 1.82) is 0 Å². The number of sulfonamides is 1. The molecule has 2 atom stereocenters. The zero-order chi connectivity index (χ0) is 15.6. The molecule has 0 unspecified atom stereocenters. The van der Waals surface area contributed by atoms with Gasteiger partial charge >= 0.3 is 0 Å². The molecule has 1 aromatic rings. The third kappa shape index (κ3) is 3.39. The number of benzene rings is 1. The van der Waals surface area contributed by atoms with Gasteiger partial charge in [-0.3, -0.25) is 10.1 Å². The molecular formula is C13H19N3O4S. The van der Waals surface area contributed by atoms with Gasteiger partial charge in [0.25, 0.3) is 5.69 Å². The lowest BCUT2D eigenvalue weighted by Gasteiger charge is -2.29. The summed E-state index contributed by atoms with van der Waals surface area (Å²) < 4.78 is 27.6. The van der Waals surface area contributed by atoms with Gasteiger partial charge in [0, 0.05) is 18.2 Å². The van der Waals surface area contributed by atoms with Gasteiger partial charge in [-0.25, -0.2) is 13.1 Å². The van der Waals surface area contributed by atoms with Crippen LogP contribution in [0.1, 0.15) is 31.2 Å². The van der Waals surface area contributed by atoms with E-state index in [0.29, 0.717) is 12.0 Å². The maximum absolute atomic E-state index is 12.5. The first-order valence-electron chi connectivity index (χ1n) is 6.85. The van der Waals surface area contributed by atoms with Gasteiger partial charge in [0.05, 0.1) is 4.92 Å². The third-order valence-electron chi connectivity index (χ3n) is 3.78. The molecule has 0 spiro atoms. The molecule has 0 amide bonds. The largest absolute Gasteiger partial charge is 0.326 e. The quantitative estimate of drug-likeness (QED) is 0.645. The highest BCUT2D eigenvalue weighted by Crippen LogP contribution is 2.28. The van der Waals surface area contributed by atoms with Crippen LogP contribution in [0.3, 0.4) is 0 Å². The minimum Gasteiger partial charge on any atom is -0.326 e. The first kappa shape index (κ1) is 15.9. The second-order valence-corrected chi connectivity index (χ2v) is 7.01. The van der Waals surface area contributed by atoms with E-state index in [9.17, 15) is 18.5 Å². The van der Waals surface area contributed by atoms with E-state index in [4.69, 9.17) is 5.73 Å². The number of hydrogen-bond acceptors (Lipinski definition) is 5. The third-order valence-corrected chi connectivity index (χ3v) is 5.46. The van der Waals surface area contributed by atoms with Crippen molar-refractivity contribution in [2.75, 3.05) is 0 Å². The van der Waals surface area contributed by atoms with Crippen molar-refractivity contribution >= 4 is 15.7 Å². The van der Waals surface area contributed by atoms with Crippen LogP contribution in [-0.4, -0.2) is 25.4 Å². The molecule has 2 rings (SSSR count). The van der Waals surface area contributed by atoms with E-state index in [0.717, 1.165) is 19.3 Å². The summed E-state index contributed by atoms with van der Waals surface area (Å²) in [6.07, 6.45) is 3.28. The SMILES string of the molecule is Cc1cccc([N+](=O)[O-])c1S(=O)(=O)N[C@@H]1CCCC[C@H]1N. The Kier molecular flexibility index (Phi) is 4.60. The lowest BCUT2D eigenvalue weighted by Crippen LogP contribution is -2.49. The highest BCUT2D eigenvalue weighted by molar-refractivity contribution is 7.89. The summed E-state index contributed by atoms with van der Waals surface area (Å²) in [4.78, 5) is 10.1. The fraction of sp³-hybridized carbons (Fsp3) is 0.538. The van der Waals surface area contributed by atoms with Gasteiger partial charge in [0.2, 0.25) is 10.0 Å². The number of nitrogens with one attached hydrogen (secondary N) is 1. The van der Waals surface area contributed by atoms with Crippen molar-refractivity contribution in [1.82, 2.24) is 4.72 Å². The minimum atomic E-state index is -3.97. The highest BCUT2D eigenvalue weighted by atomic mass is 32.2. The monoisotopic (exact) mass is 313 g/mol. The summed E-state index contributed by atoms with van der Waals surface area (Å²) in [5.74, 6) is 0. The molecule has 1 fully saturated rings. The number of nitro benzene ring substituents is 1. The molecule has 1 aliphatic rings. The summed E-state index contributed by atoms with van der Waals surface area (Å²) in [6.45, 7) is 1.54. The molecule has 0 saturated heterocycles. The molecule has 1 aromatic carbocycles. The maximum Gasteiger partial charge on any atom is 0.289 e. The topological polar surface area (TPSA) is 115 Å². The Balaban J connectivity index is 2.38. The van der Waals surface area contributed by atoms with Gasteiger partial charge in [0.1, 0.15) is 0 Å². The van der Waals surface area contributed by atoms with Crippen molar-refractivity contribution < 1.29 is 13.3 Å². The number of hydrogen-bond donors (Lipinski definition) is 2. The van der Waals surface area contributed by atoms with Crippen LogP contribution in [0.5, 0.6) is 0 Å². The zero-order valence-electron chi connectivity index (χ0n) is 11.8. The predicted molar refractivity (Wildman–Crippen MR) is 78.4 cm³/mol. The van der Waals surface area contributed by atoms with Gasteiger partial charge in [0.15, 0.2) is 4.90 Å². The van der Waals surface area contributed by atoms with Gasteiger partial charge in [-0.1, -0.05) is 25.0 Å². The average molecular weight is 313 g/mol. The van der Waals surface area contributed by atoms with E-state index in [1.54, 1.807) is 13.0 Å². The Hall–Kier alpha value is -1.51. The summed E-state index contributed by atoms with van der Waals surface area (Å²) in [5, 5.41) is 11.1. The molecule has 1 saturated carbocycles. The molecule has 0 radical (unpaired) electrons. The van der Waals surface area contributed by atoms with Crippen molar-refractivity contribution in [2.24, 2.45) is 5.73 Å². The van der Waals surface area contributed by atoms with E-state index in [1.165, 1.54) is 12.1 Å². The normalized spacial score (nSPS) is 23.0. The number of rotatable bonds is 4. The molecule has 0 aliphatic heterocycles. The van der Waals surface area contributed by atoms with Crippen LogP contribution in [0.15, 0.2) is 23.1 Å². The first-order valence-corrected chi connectivity index (χ1v) is 8.33. The van der Waals surface area contributed by atoms with Crippen LogP contribution < -0.4 is 10.5 Å². The van der Waals surface area contributed by atoms with Crippen molar-refractivity contribution in [3.05, 3.63) is 33.9 Å². The molecule has 7 nitrogen and oxygen atoms in total. The molecule has 3 N–H and O–H groups in total. The Morgan fingerprint density at radius 3 is 2.62 bits per heavy atom. The van der Waals surface area contributed by atoms with E-state index in [-0.39, 0.29) is 17.0 Å². The fourth-order valence-electron chi connectivity index (χ4n) is 2.69. The van der Waals surface area contributed by atoms with Gasteiger partial charge in [-0.2, -0.15) is 0 Å². The lowest BCUT2D eigenvalue weighted by atomic mass is 9.92. The second-order valence-electron chi connectivity index (χ2n) is 5.36. The van der Waals surface area contributed by atoms with Crippen molar-refractivity contribution in [3.8, 4) is 0 Å². The standard InChI is InChI=1S/C13H19N3O4S/c1-9-5-4-8-12(16(17)18)13(9)21(19,20)15-11-7-3-2-6-10(11)14/h4-5,8,10-11,15H,2-3,6-7,14H2,1H3/t10-,11-/m1/s1. The lowest BCUT2D eigenvalue weighted by molar-refractivity contribution is -0.387. The molecule has 0 bridgehead atoms. The average Bonchev–Trinajstić information content (AvgIpc) is 2.40. The zero-order valence-corrected chi connectivity index (χ0v) is 12.6. The van der Waals surface area contributed by atoms with Gasteiger partial charge in [-0.15, -0.1) is 0 Å². The molecule has 21 heavy (non-hydrogen) atoms. The van der Waals surface area contributed by atoms with E-state index >= 15 is 0 Å². The fourth-order valence-corrected chi connectivity index (χ4v) is 4.41. The summed E-state index contributed by atoms with van der Waals surface area (Å²) >= 11 is 0. The van der Waals surface area contributed by atoms with E-state index in [2.05, 4.69) is 4.72 Å². The van der Waals surface area contributed by atoms with E-state index < -0.39 is 20.6 Å². The molecule has 0 aromatic heterocycles. The Morgan fingerprint density at radius 1 is 1.33 bits per heavy atom. The Morgan fingerprint density at radius 2 is 2.00 bits per heavy atom. The van der Waals surface area contributed by atoms with Crippen molar-refractivity contribution in [3.63, 3.8) is 0 Å². The predicted octanol–water partition coefficient (Wildman–Crippen LogP) is 1.45. The van der Waals surface area contributed by atoms with Crippen LogP contribution >= 0.6 is 0 Å². The summed E-state index contributed by atoms with van der Waals surface area (Å²) in [5.41, 5.74) is 5.88. The molecule has 1 aliphatic carbocycles. The van der Waals surface area contributed by atoms with Gasteiger partial charge < -0.3 is 5.73 Å². The number of aryl methyl sites for hydroxylation is 1. The molecule has 116 valence electrons. The summed E-state index contributed by atoms with van der Waals surface area (Å²) in [6, 6.07) is 3.59. The van der Waals surface area contributed by atoms with Crippen LogP contribution in [0.2, 0.25) is 0 Å². The van der Waals surface area contributed by atoms with Crippen LogP contribution in [0.25, 0.3) is 0 Å². The number of nitro groups is 1. The molecular weight excluding hydrogens is 294 g/mol. The van der Waals surface area contributed by atoms with E-state index in [1.807, 2.05) is 0 Å². The van der Waals surface area contributed by atoms with Crippen LogP contribution in [0, 0.1) is 17.0 Å². The maximum atomic E-state index is 12.5. The Labute approximate surface area is 123 Å². The number of nitrogens with two attached hydrogens (primary N) is 1. The van der Waals surface area contributed by atoms with Gasteiger partial charge in [-0.05, 0) is 25.3 Å². The van der Waals surface area contributed by atoms with Crippen LogP contribution in [0.4, 0.5) is 5.69 Å². The smallest absolute Gasteiger partial charge is 0.289 e.